The fourth-order valence-corrected chi connectivity index (χ4v) is 3.58. The van der Waals surface area contributed by atoms with Gasteiger partial charge in [-0.2, -0.15) is 0 Å². The molecule has 1 heteroatoms. The van der Waals surface area contributed by atoms with Crippen LogP contribution in [0, 0.1) is 11.8 Å². The van der Waals surface area contributed by atoms with E-state index in [4.69, 9.17) is 4.74 Å². The third-order valence-corrected chi connectivity index (χ3v) is 4.46. The van der Waals surface area contributed by atoms with E-state index in [1.807, 2.05) is 0 Å². The standard InChI is InChI=1S/C17H26O/c1-4-18-17(16-10-6-5-7-11-16)12-8-9-14(2)13-15(17)3/h5-7,10-11,14-15H,4,8-9,12-13H2,1-3H3. The van der Waals surface area contributed by atoms with Crippen LogP contribution in [0.4, 0.5) is 0 Å². The fourth-order valence-electron chi connectivity index (χ4n) is 3.58. The van der Waals surface area contributed by atoms with Crippen LogP contribution < -0.4 is 0 Å². The third-order valence-electron chi connectivity index (χ3n) is 4.46. The number of benzene rings is 1. The van der Waals surface area contributed by atoms with Crippen molar-refractivity contribution in [1.82, 2.24) is 0 Å². The predicted molar refractivity (Wildman–Crippen MR) is 76.5 cm³/mol. The summed E-state index contributed by atoms with van der Waals surface area (Å²) in [6, 6.07) is 10.8. The summed E-state index contributed by atoms with van der Waals surface area (Å²) in [5.74, 6) is 1.42. The van der Waals surface area contributed by atoms with Crippen LogP contribution in [0.1, 0.15) is 52.0 Å². The van der Waals surface area contributed by atoms with Crippen molar-refractivity contribution in [3.05, 3.63) is 35.9 Å². The molecule has 0 radical (unpaired) electrons. The molecule has 1 aromatic carbocycles. The lowest BCUT2D eigenvalue weighted by Gasteiger charge is -2.39. The van der Waals surface area contributed by atoms with Gasteiger partial charge in [0.15, 0.2) is 0 Å². The van der Waals surface area contributed by atoms with Gasteiger partial charge in [0, 0.05) is 6.61 Å². The lowest BCUT2D eigenvalue weighted by atomic mass is 9.78. The van der Waals surface area contributed by atoms with Crippen LogP contribution in [0.5, 0.6) is 0 Å². The Kier molecular flexibility index (Phi) is 4.45. The van der Waals surface area contributed by atoms with Crippen LogP contribution in [0.2, 0.25) is 0 Å². The zero-order valence-corrected chi connectivity index (χ0v) is 12.0. The lowest BCUT2D eigenvalue weighted by Crippen LogP contribution is -2.36. The van der Waals surface area contributed by atoms with E-state index in [0.29, 0.717) is 5.92 Å². The molecule has 0 saturated heterocycles. The monoisotopic (exact) mass is 246 g/mol. The molecule has 1 aliphatic rings. The van der Waals surface area contributed by atoms with Gasteiger partial charge in [-0.05, 0) is 43.6 Å². The molecule has 3 unspecified atom stereocenters. The van der Waals surface area contributed by atoms with Gasteiger partial charge >= 0.3 is 0 Å². The molecule has 2 rings (SSSR count). The minimum atomic E-state index is -0.0548. The largest absolute Gasteiger partial charge is 0.370 e. The van der Waals surface area contributed by atoms with Gasteiger partial charge in [-0.25, -0.2) is 0 Å². The van der Waals surface area contributed by atoms with Gasteiger partial charge < -0.3 is 4.74 Å². The molecule has 1 saturated carbocycles. The molecule has 1 aromatic rings. The molecular weight excluding hydrogens is 220 g/mol. The maximum atomic E-state index is 6.30. The Labute approximate surface area is 112 Å². The molecule has 3 atom stereocenters. The van der Waals surface area contributed by atoms with Crippen LogP contribution in [-0.2, 0) is 10.3 Å². The van der Waals surface area contributed by atoms with Gasteiger partial charge in [0.1, 0.15) is 0 Å². The highest BCUT2D eigenvalue weighted by Crippen LogP contribution is 2.44. The van der Waals surface area contributed by atoms with E-state index in [1.54, 1.807) is 0 Å². The van der Waals surface area contributed by atoms with E-state index in [-0.39, 0.29) is 5.60 Å². The smallest absolute Gasteiger partial charge is 0.0956 e. The van der Waals surface area contributed by atoms with Crippen molar-refractivity contribution in [1.29, 1.82) is 0 Å². The molecule has 0 N–H and O–H groups in total. The van der Waals surface area contributed by atoms with E-state index < -0.39 is 0 Å². The van der Waals surface area contributed by atoms with Crippen molar-refractivity contribution < 1.29 is 4.74 Å². The highest BCUT2D eigenvalue weighted by atomic mass is 16.5. The van der Waals surface area contributed by atoms with Crippen LogP contribution in [0.3, 0.4) is 0 Å². The van der Waals surface area contributed by atoms with Crippen molar-refractivity contribution in [2.24, 2.45) is 11.8 Å². The van der Waals surface area contributed by atoms with E-state index in [0.717, 1.165) is 18.9 Å². The predicted octanol–water partition coefficient (Wildman–Crippen LogP) is 4.76. The van der Waals surface area contributed by atoms with Gasteiger partial charge in [0.25, 0.3) is 0 Å². The Hall–Kier alpha value is -0.820. The van der Waals surface area contributed by atoms with Gasteiger partial charge in [0.2, 0.25) is 0 Å². The summed E-state index contributed by atoms with van der Waals surface area (Å²) in [5.41, 5.74) is 1.31. The van der Waals surface area contributed by atoms with E-state index in [1.165, 1.54) is 24.8 Å². The first-order valence-electron chi connectivity index (χ1n) is 7.38. The average Bonchev–Trinajstić information content (AvgIpc) is 2.51. The molecule has 0 heterocycles. The van der Waals surface area contributed by atoms with Gasteiger partial charge in [0.05, 0.1) is 5.60 Å². The number of rotatable bonds is 3. The summed E-state index contributed by atoms with van der Waals surface area (Å²) >= 11 is 0. The summed E-state index contributed by atoms with van der Waals surface area (Å²) in [5, 5.41) is 0. The van der Waals surface area contributed by atoms with Crippen molar-refractivity contribution in [2.45, 2.75) is 52.1 Å². The minimum Gasteiger partial charge on any atom is -0.370 e. The second-order valence-electron chi connectivity index (χ2n) is 5.82. The van der Waals surface area contributed by atoms with Crippen LogP contribution in [0.25, 0.3) is 0 Å². The van der Waals surface area contributed by atoms with Gasteiger partial charge in [-0.3, -0.25) is 0 Å². The molecule has 1 fully saturated rings. The van der Waals surface area contributed by atoms with E-state index in [2.05, 4.69) is 51.1 Å². The Bertz CT molecular complexity index is 359. The van der Waals surface area contributed by atoms with Crippen LogP contribution >= 0.6 is 0 Å². The first kappa shape index (κ1) is 13.6. The lowest BCUT2D eigenvalue weighted by molar-refractivity contribution is -0.0899. The van der Waals surface area contributed by atoms with Crippen molar-refractivity contribution in [3.8, 4) is 0 Å². The van der Waals surface area contributed by atoms with Crippen molar-refractivity contribution in [3.63, 3.8) is 0 Å². The summed E-state index contributed by atoms with van der Waals surface area (Å²) in [6.07, 6.45) is 5.05. The molecule has 100 valence electrons. The van der Waals surface area contributed by atoms with E-state index in [9.17, 15) is 0 Å². The minimum absolute atomic E-state index is 0.0548. The van der Waals surface area contributed by atoms with Crippen molar-refractivity contribution >= 4 is 0 Å². The van der Waals surface area contributed by atoms with Crippen molar-refractivity contribution in [2.75, 3.05) is 6.61 Å². The number of hydrogen-bond donors (Lipinski definition) is 0. The van der Waals surface area contributed by atoms with Gasteiger partial charge in [-0.1, -0.05) is 50.6 Å². The summed E-state index contributed by atoms with van der Waals surface area (Å²) < 4.78 is 6.30. The molecule has 1 nitrogen and oxygen atoms in total. The highest BCUT2D eigenvalue weighted by Gasteiger charge is 2.40. The molecule has 0 amide bonds. The maximum Gasteiger partial charge on any atom is 0.0956 e. The topological polar surface area (TPSA) is 9.23 Å². The Balaban J connectivity index is 2.36. The second-order valence-corrected chi connectivity index (χ2v) is 5.82. The summed E-state index contributed by atoms with van der Waals surface area (Å²) in [7, 11) is 0. The zero-order valence-electron chi connectivity index (χ0n) is 12.0. The van der Waals surface area contributed by atoms with Gasteiger partial charge in [-0.15, -0.1) is 0 Å². The molecule has 0 spiro atoms. The van der Waals surface area contributed by atoms with E-state index >= 15 is 0 Å². The number of ether oxygens (including phenoxy) is 1. The maximum absolute atomic E-state index is 6.30. The number of hydrogen-bond acceptors (Lipinski definition) is 1. The fraction of sp³-hybridized carbons (Fsp3) is 0.647. The molecule has 0 aliphatic heterocycles. The first-order valence-corrected chi connectivity index (χ1v) is 7.38. The Morgan fingerprint density at radius 1 is 1.22 bits per heavy atom. The molecule has 0 aromatic heterocycles. The second kappa shape index (κ2) is 5.88. The first-order chi connectivity index (χ1) is 8.69. The molecule has 0 bridgehead atoms. The highest BCUT2D eigenvalue weighted by molar-refractivity contribution is 5.24. The zero-order chi connectivity index (χ0) is 13.0. The average molecular weight is 246 g/mol. The molecule has 1 aliphatic carbocycles. The summed E-state index contributed by atoms with van der Waals surface area (Å²) in [4.78, 5) is 0. The molecular formula is C17H26O. The Morgan fingerprint density at radius 3 is 2.61 bits per heavy atom. The SMILES string of the molecule is CCOC1(c2ccccc2)CCCC(C)CC1C. The van der Waals surface area contributed by atoms with Crippen LogP contribution in [0.15, 0.2) is 30.3 Å². The Morgan fingerprint density at radius 2 is 1.94 bits per heavy atom. The third kappa shape index (κ3) is 2.61. The summed E-state index contributed by atoms with van der Waals surface area (Å²) in [6.45, 7) is 7.66. The molecule has 18 heavy (non-hydrogen) atoms. The normalized spacial score (nSPS) is 33.1. The quantitative estimate of drug-likeness (QED) is 0.698. The van der Waals surface area contributed by atoms with Crippen LogP contribution in [-0.4, -0.2) is 6.61 Å².